The Kier molecular flexibility index (Phi) is 30.1. The molecule has 1 aliphatic heterocycles. The molecule has 147 heavy (non-hydrogen) atoms. The molecular weight excluding hydrogens is 1930 g/mol. The largest absolute Gasteiger partial charge is 0.506 e. The number of fused-ring (bicyclic) bond motifs is 11. The molecule has 0 saturated heterocycles. The number of aromatic amines is 1. The van der Waals surface area contributed by atoms with Crippen molar-refractivity contribution in [2.75, 3.05) is 65.8 Å². The van der Waals surface area contributed by atoms with Gasteiger partial charge in [0.25, 0.3) is 5.91 Å². The molecule has 0 fully saturated rings. The fraction of sp³-hybridized carbons (Fsp3) is 0.181. The van der Waals surface area contributed by atoms with Crippen molar-refractivity contribution in [3.63, 3.8) is 0 Å². The Morgan fingerprint density at radius 1 is 0.429 bits per heavy atom. The highest BCUT2D eigenvalue weighted by atomic mass is 35.5. The number of benzene rings is 11. The van der Waals surface area contributed by atoms with Gasteiger partial charge in [-0.25, -0.2) is 4.79 Å². The van der Waals surface area contributed by atoms with Crippen LogP contribution in [0.5, 0.6) is 46.0 Å². The van der Waals surface area contributed by atoms with E-state index < -0.39 is 11.7 Å². The minimum Gasteiger partial charge on any atom is -0.506 e. The van der Waals surface area contributed by atoms with E-state index in [2.05, 4.69) is 163 Å². The summed E-state index contributed by atoms with van der Waals surface area (Å²) in [5, 5.41) is 86.2. The first-order chi connectivity index (χ1) is 71.6. The summed E-state index contributed by atoms with van der Waals surface area (Å²) in [6.45, 7) is 18.9. The van der Waals surface area contributed by atoms with E-state index in [9.17, 15) is 51.1 Å². The Morgan fingerprint density at radius 3 is 1.25 bits per heavy atom. The maximum atomic E-state index is 11.6. The second-order valence-electron chi connectivity index (χ2n) is 33.7. The summed E-state index contributed by atoms with van der Waals surface area (Å²) in [7, 11) is 9.83. The molecule has 11 heterocycles. The number of hydrogen-bond donors (Lipinski definition) is 4. The van der Waals surface area contributed by atoms with Crippen LogP contribution < -0.4 is 49.5 Å². The van der Waals surface area contributed by atoms with Crippen molar-refractivity contribution in [3.05, 3.63) is 285 Å². The van der Waals surface area contributed by atoms with Gasteiger partial charge >= 0.3 is 5.76 Å². The molecule has 734 valence electrons. The Hall–Kier alpha value is -17.9. The molecule has 0 radical (unpaired) electrons. The molecule has 1 aliphatic rings. The fourth-order valence-corrected chi connectivity index (χ4v) is 22.3. The van der Waals surface area contributed by atoms with E-state index in [1.54, 1.807) is 94.9 Å². The van der Waals surface area contributed by atoms with Crippen molar-refractivity contribution in [1.29, 1.82) is 31.6 Å². The van der Waals surface area contributed by atoms with Crippen LogP contribution in [-0.2, 0) is 48.9 Å². The number of rotatable bonds is 20. The van der Waals surface area contributed by atoms with E-state index in [1.165, 1.54) is 31.8 Å². The molecule has 0 aliphatic carbocycles. The lowest BCUT2D eigenvalue weighted by atomic mass is 10.0. The predicted molar refractivity (Wildman–Crippen MR) is 585 cm³/mol. The zero-order chi connectivity index (χ0) is 104. The van der Waals surface area contributed by atoms with Gasteiger partial charge in [0.2, 0.25) is 5.91 Å². The number of alkyl halides is 1. The number of phenols is 1. The summed E-state index contributed by atoms with van der Waals surface area (Å²) in [4.78, 5) is 39.6. The number of carbonyl (C=O) groups excluding carboxylic acids is 2. The number of thiophene rings is 3. The van der Waals surface area contributed by atoms with Gasteiger partial charge in [0.05, 0.1) is 170 Å². The first-order valence-corrected chi connectivity index (χ1v) is 50.2. The Morgan fingerprint density at radius 2 is 0.830 bits per heavy atom. The third-order valence-corrected chi connectivity index (χ3v) is 29.2. The first-order valence-electron chi connectivity index (χ1n) is 47.1. The lowest BCUT2D eigenvalue weighted by molar-refractivity contribution is -0.118. The van der Waals surface area contributed by atoms with Crippen molar-refractivity contribution in [3.8, 4) is 149 Å². The fourth-order valence-electron chi connectivity index (χ4n) is 19.3. The monoisotopic (exact) mass is 2020 g/mol. The Balaban J connectivity index is 0.000000121. The molecule has 21 aromatic rings. The smallest absolute Gasteiger partial charge is 0.417 e. The zero-order valence-electron chi connectivity index (χ0n) is 82.6. The highest BCUT2D eigenvalue weighted by Crippen LogP contribution is 2.48. The maximum absolute atomic E-state index is 11.6. The summed E-state index contributed by atoms with van der Waals surface area (Å²) in [5.41, 5.74) is 21.9. The number of methoxy groups -OCH3 is 6. The van der Waals surface area contributed by atoms with Gasteiger partial charge in [-0.1, -0.05) is 42.5 Å². The zero-order valence-corrected chi connectivity index (χ0v) is 85.8. The van der Waals surface area contributed by atoms with Crippen molar-refractivity contribution in [2.24, 2.45) is 0 Å². The number of carbonyl (C=O) groups is 2. The summed E-state index contributed by atoms with van der Waals surface area (Å²) < 4.78 is 57.8. The number of amides is 2. The molecule has 27 nitrogen and oxygen atoms in total. The number of nitrogens with one attached hydrogen (secondary N) is 3. The number of anilines is 2. The number of phenolic OH excluding ortho intramolecular Hbond substituents is 1. The van der Waals surface area contributed by atoms with E-state index in [4.69, 9.17) is 49.2 Å². The van der Waals surface area contributed by atoms with E-state index in [0.29, 0.717) is 75.9 Å². The summed E-state index contributed by atoms with van der Waals surface area (Å²) in [6, 6.07) is 85.8. The molecular formula is C116H98ClN15O12S3. The number of aryl methyl sites for hydroxylation is 7. The average Bonchev–Trinajstić information content (AvgIpc) is 1.57. The molecule has 10 aromatic heterocycles. The Labute approximate surface area is 862 Å². The minimum absolute atomic E-state index is 0.0187. The number of aromatic hydroxyl groups is 1. The van der Waals surface area contributed by atoms with E-state index in [0.717, 1.165) is 185 Å². The van der Waals surface area contributed by atoms with E-state index in [-0.39, 0.29) is 29.8 Å². The quantitative estimate of drug-likeness (QED) is 0.0407. The molecule has 0 atom stereocenters. The van der Waals surface area contributed by atoms with Crippen LogP contribution in [0.1, 0.15) is 80.5 Å². The van der Waals surface area contributed by atoms with Crippen LogP contribution in [0.15, 0.2) is 244 Å². The second-order valence-corrected chi connectivity index (χ2v) is 36.9. The first kappa shape index (κ1) is 101. The number of H-pyrrole nitrogens is 1. The highest BCUT2D eigenvalue weighted by Gasteiger charge is 2.29. The van der Waals surface area contributed by atoms with Gasteiger partial charge in [0, 0.05) is 150 Å². The number of oxazole rings is 1. The number of aromatic nitrogens is 7. The van der Waals surface area contributed by atoms with Gasteiger partial charge < -0.3 is 80.7 Å². The number of halogens is 1. The van der Waals surface area contributed by atoms with Crippen molar-refractivity contribution in [2.45, 2.75) is 87.7 Å². The molecule has 4 N–H and O–H groups in total. The van der Waals surface area contributed by atoms with Crippen LogP contribution in [0, 0.1) is 74.9 Å². The number of hydrogen-bond acceptors (Lipinski definition) is 21. The summed E-state index contributed by atoms with van der Waals surface area (Å²) in [6.07, 6.45) is 0. The molecule has 0 saturated carbocycles. The van der Waals surface area contributed by atoms with Gasteiger partial charge in [-0.05, 0) is 210 Å². The molecule has 11 aromatic carbocycles. The molecule has 0 spiro atoms. The average molecular weight is 2030 g/mol. The Bertz CT molecular complexity index is 9070. The van der Waals surface area contributed by atoms with Crippen LogP contribution in [0.3, 0.4) is 0 Å². The molecule has 2 amide bonds. The van der Waals surface area contributed by atoms with Gasteiger partial charge in [-0.15, -0.1) is 45.6 Å². The van der Waals surface area contributed by atoms with E-state index in [1.807, 2.05) is 176 Å². The standard InChI is InChI=1S/C24H18N2OS.C20H18ClN3O3.C20H17N3O3.C19H15N3O3.C17H16N2OS.C16H14N2OS/c1-3-26-21-13-15(27-2)11-12-16(21)20(14-25)23(26)19-9-6-8-18-17-7-4-5-10-22(17)28-24(18)19;1-3-24-17-9-13(27-2)5-6-14(17)15(11-22)20(24)12-4-7-18(25)16(8-12)23-19(26)10-21;1-3-23-17-9-13(25-2)5-6-14(17)15(10-21)20(23)12-4-7-18-16(8-12)22-19(24)11-26-18;1-3-22-16-9-12(24-2)5-6-13(16)14(10-20)18(22)11-4-7-17-15(8-11)21-19(23)25-17;1-4-19-15-8-12(20-3)5-6-13(15)14(9-18)17(19)16-7-11(2)10-21-16;1-3-18-14-9-11(19-2)6-7-12(14)13(10-17)16(18)15-5-4-8-20-15/h4-13H,3H2,1-2H3;4-9,25H,3,10H2,1-2H3,(H,23,26);4-9H,3,11H2,1-2H3,(H,22,24);4-9H,3H2,1-2H3,(H,21,23);5-8,10H,4H2,1-3H3;4-9H,3H2,1-2H3. The highest BCUT2D eigenvalue weighted by molar-refractivity contribution is 7.26. The molecule has 0 unspecified atom stereocenters. The van der Waals surface area contributed by atoms with Crippen LogP contribution in [0.4, 0.5) is 11.4 Å². The normalized spacial score (nSPS) is 11.3. The lowest BCUT2D eigenvalue weighted by Gasteiger charge is -2.19. The van der Waals surface area contributed by atoms with Crippen molar-refractivity contribution in [1.82, 2.24) is 32.4 Å². The summed E-state index contributed by atoms with van der Waals surface area (Å²) in [5.74, 6) is 3.85. The molecule has 0 bridgehead atoms. The number of ether oxygens (including phenoxy) is 7. The van der Waals surface area contributed by atoms with Gasteiger partial charge in [0.1, 0.15) is 88.3 Å². The number of nitrogens with zero attached hydrogens (tertiary/aromatic N) is 12. The third-order valence-electron chi connectivity index (χ3n) is 25.8. The summed E-state index contributed by atoms with van der Waals surface area (Å²) >= 11 is 10.7. The topological polar surface area (TPSA) is 361 Å². The van der Waals surface area contributed by atoms with Gasteiger partial charge in [-0.2, -0.15) is 31.6 Å². The van der Waals surface area contributed by atoms with E-state index >= 15 is 0 Å². The van der Waals surface area contributed by atoms with Crippen LogP contribution in [0.2, 0.25) is 0 Å². The molecule has 31 heteroatoms. The lowest BCUT2D eigenvalue weighted by Crippen LogP contribution is -2.25. The van der Waals surface area contributed by atoms with Crippen LogP contribution in [-0.4, -0.2) is 104 Å². The SMILES string of the molecule is CCn1c(-c2cc(C)cs2)c(C#N)c2ccc(OC)cc21.CCn1c(-c2ccc(O)c(NC(=O)CCl)c2)c(C#N)c2ccc(OC)cc21.CCn1c(-c2ccc3c(c2)NC(=O)CO3)c(C#N)c2ccc(OC)cc21.CCn1c(-c2ccc3oc(=O)[nH]c3c2)c(C#N)c2ccc(OC)cc21.CCn1c(-c2cccc3c2sc2ccccc23)c(C#N)c2ccc(OC)cc21.CCn1c(-c2cccs2)c(C#N)c2ccc(OC)cc21. The van der Waals surface area contributed by atoms with Crippen molar-refractivity contribution >= 4 is 165 Å². The van der Waals surface area contributed by atoms with Crippen molar-refractivity contribution < 1.29 is 52.3 Å². The van der Waals surface area contributed by atoms with Gasteiger partial charge in [0.15, 0.2) is 12.2 Å². The number of nitriles is 6. The second kappa shape index (κ2) is 43.9. The third kappa shape index (κ3) is 19.0. The van der Waals surface area contributed by atoms with Crippen LogP contribution in [0.25, 0.3) is 163 Å². The predicted octanol–water partition coefficient (Wildman–Crippen LogP) is 26.7. The minimum atomic E-state index is -0.492. The molecule has 22 rings (SSSR count). The maximum Gasteiger partial charge on any atom is 0.417 e. The van der Waals surface area contributed by atoms with Gasteiger partial charge in [-0.3, -0.25) is 14.6 Å². The van der Waals surface area contributed by atoms with Crippen LogP contribution >= 0.6 is 45.6 Å².